The minimum Gasteiger partial charge on any atom is -0.314 e. The zero-order valence-electron chi connectivity index (χ0n) is 11.4. The predicted octanol–water partition coefficient (Wildman–Crippen LogP) is 1.43. The molecule has 2 aliphatic heterocycles. The van der Waals surface area contributed by atoms with Crippen molar-refractivity contribution >= 4 is 10.0 Å². The minimum atomic E-state index is -3.35. The summed E-state index contributed by atoms with van der Waals surface area (Å²) >= 11 is 0. The van der Waals surface area contributed by atoms with Gasteiger partial charge in [-0.15, -0.1) is 0 Å². The van der Waals surface area contributed by atoms with Crippen molar-refractivity contribution in [2.75, 3.05) is 13.1 Å². The van der Waals surface area contributed by atoms with Crippen molar-refractivity contribution < 1.29 is 8.42 Å². The maximum absolute atomic E-state index is 12.9. The van der Waals surface area contributed by atoms with E-state index in [9.17, 15) is 8.42 Å². The number of rotatable bonds is 2. The molecule has 2 atom stereocenters. The molecule has 1 aromatic carbocycles. The van der Waals surface area contributed by atoms with E-state index < -0.39 is 10.0 Å². The number of hydrogen-bond donors (Lipinski definition) is 1. The summed E-state index contributed by atoms with van der Waals surface area (Å²) in [5.41, 5.74) is 2.00. The first kappa shape index (κ1) is 13.1. The van der Waals surface area contributed by atoms with Crippen LogP contribution in [-0.2, 0) is 10.0 Å². The number of piperazine rings is 1. The molecule has 0 aliphatic carbocycles. The summed E-state index contributed by atoms with van der Waals surface area (Å²) in [5, 5.41) is 3.32. The first-order valence-electron chi connectivity index (χ1n) is 6.81. The van der Waals surface area contributed by atoms with E-state index in [0.717, 1.165) is 37.1 Å². The normalized spacial score (nSPS) is 27.7. The highest BCUT2D eigenvalue weighted by Crippen LogP contribution is 2.33. The number of benzene rings is 1. The Hall–Kier alpha value is -0.910. The Morgan fingerprint density at radius 1 is 1.05 bits per heavy atom. The molecule has 2 heterocycles. The van der Waals surface area contributed by atoms with Crippen molar-refractivity contribution in [2.24, 2.45) is 0 Å². The first-order valence-corrected chi connectivity index (χ1v) is 8.25. The average molecular weight is 280 g/mol. The fraction of sp³-hybridized carbons (Fsp3) is 0.571. The molecule has 2 fully saturated rings. The van der Waals surface area contributed by atoms with Crippen LogP contribution >= 0.6 is 0 Å². The Morgan fingerprint density at radius 3 is 2.11 bits per heavy atom. The second-order valence-electron chi connectivity index (χ2n) is 5.70. The van der Waals surface area contributed by atoms with E-state index in [4.69, 9.17) is 0 Å². The van der Waals surface area contributed by atoms with Crippen molar-refractivity contribution in [1.29, 1.82) is 0 Å². The SMILES string of the molecule is Cc1cc(C)cc(S(=O)(=O)N2C3CCC2CNC3)c1. The van der Waals surface area contributed by atoms with E-state index in [0.29, 0.717) is 4.90 Å². The molecular weight excluding hydrogens is 260 g/mol. The number of sulfonamides is 1. The van der Waals surface area contributed by atoms with Gasteiger partial charge in [0.15, 0.2) is 0 Å². The molecule has 0 saturated carbocycles. The van der Waals surface area contributed by atoms with Gasteiger partial charge < -0.3 is 5.32 Å². The van der Waals surface area contributed by atoms with Crippen molar-refractivity contribution in [3.8, 4) is 0 Å². The third kappa shape index (κ3) is 2.20. The molecule has 1 N–H and O–H groups in total. The van der Waals surface area contributed by atoms with E-state index in [-0.39, 0.29) is 12.1 Å². The highest BCUT2D eigenvalue weighted by atomic mass is 32.2. The molecule has 19 heavy (non-hydrogen) atoms. The standard InChI is InChI=1S/C14H20N2O2S/c1-10-5-11(2)7-14(6-10)19(17,18)16-12-3-4-13(16)9-15-8-12/h5-7,12-13,15H,3-4,8-9H2,1-2H3. The van der Waals surface area contributed by atoms with Crippen LogP contribution in [0.4, 0.5) is 0 Å². The quantitative estimate of drug-likeness (QED) is 0.891. The van der Waals surface area contributed by atoms with Crippen molar-refractivity contribution in [3.05, 3.63) is 29.3 Å². The lowest BCUT2D eigenvalue weighted by atomic mass is 10.2. The number of hydrogen-bond acceptors (Lipinski definition) is 3. The van der Waals surface area contributed by atoms with Gasteiger partial charge in [-0.25, -0.2) is 8.42 Å². The smallest absolute Gasteiger partial charge is 0.243 e. The molecule has 104 valence electrons. The summed E-state index contributed by atoms with van der Waals surface area (Å²) in [6.45, 7) is 5.44. The monoisotopic (exact) mass is 280 g/mol. The van der Waals surface area contributed by atoms with Gasteiger partial charge in [0, 0.05) is 25.2 Å². The molecule has 2 unspecified atom stereocenters. The molecule has 2 bridgehead atoms. The van der Waals surface area contributed by atoms with Gasteiger partial charge in [-0.1, -0.05) is 6.07 Å². The van der Waals surface area contributed by atoms with E-state index >= 15 is 0 Å². The van der Waals surface area contributed by atoms with Gasteiger partial charge in [0.1, 0.15) is 0 Å². The van der Waals surface area contributed by atoms with E-state index in [1.54, 1.807) is 16.4 Å². The Balaban J connectivity index is 2.03. The van der Waals surface area contributed by atoms with Crippen LogP contribution < -0.4 is 5.32 Å². The first-order chi connectivity index (χ1) is 8.98. The number of nitrogens with zero attached hydrogens (tertiary/aromatic N) is 1. The largest absolute Gasteiger partial charge is 0.314 e. The maximum Gasteiger partial charge on any atom is 0.243 e. The van der Waals surface area contributed by atoms with Gasteiger partial charge in [0.25, 0.3) is 0 Å². The van der Waals surface area contributed by atoms with Gasteiger partial charge >= 0.3 is 0 Å². The van der Waals surface area contributed by atoms with Crippen molar-refractivity contribution in [1.82, 2.24) is 9.62 Å². The molecule has 0 spiro atoms. The lowest BCUT2D eigenvalue weighted by molar-refractivity contribution is 0.263. The molecule has 0 aromatic heterocycles. The Labute approximate surface area is 114 Å². The third-order valence-corrected chi connectivity index (χ3v) is 6.07. The second-order valence-corrected chi connectivity index (χ2v) is 7.54. The summed E-state index contributed by atoms with van der Waals surface area (Å²) < 4.78 is 27.4. The molecular formula is C14H20N2O2S. The number of fused-ring (bicyclic) bond motifs is 2. The lowest BCUT2D eigenvalue weighted by Gasteiger charge is -2.34. The summed E-state index contributed by atoms with van der Waals surface area (Å²) in [5.74, 6) is 0. The van der Waals surface area contributed by atoms with Crippen molar-refractivity contribution in [2.45, 2.75) is 43.7 Å². The van der Waals surface area contributed by atoms with Crippen LogP contribution in [0.5, 0.6) is 0 Å². The molecule has 2 aliphatic rings. The Kier molecular flexibility index (Phi) is 3.15. The highest BCUT2D eigenvalue weighted by Gasteiger charge is 2.44. The van der Waals surface area contributed by atoms with Crippen LogP contribution in [0.25, 0.3) is 0 Å². The summed E-state index contributed by atoms with van der Waals surface area (Å²) in [6.07, 6.45) is 1.95. The van der Waals surface area contributed by atoms with Gasteiger partial charge in [0.05, 0.1) is 4.90 Å². The third-order valence-electron chi connectivity index (χ3n) is 4.08. The summed E-state index contributed by atoms with van der Waals surface area (Å²) in [7, 11) is -3.35. The lowest BCUT2D eigenvalue weighted by Crippen LogP contribution is -2.53. The molecule has 0 amide bonds. The van der Waals surface area contributed by atoms with Crippen molar-refractivity contribution in [3.63, 3.8) is 0 Å². The van der Waals surface area contributed by atoms with Gasteiger partial charge in [-0.05, 0) is 49.9 Å². The van der Waals surface area contributed by atoms with E-state index in [2.05, 4.69) is 5.32 Å². The molecule has 0 radical (unpaired) electrons. The number of aryl methyl sites for hydroxylation is 2. The van der Waals surface area contributed by atoms with Gasteiger partial charge in [-0.3, -0.25) is 0 Å². The van der Waals surface area contributed by atoms with Crippen LogP contribution in [0.3, 0.4) is 0 Å². The second kappa shape index (κ2) is 4.58. The van der Waals surface area contributed by atoms with Crippen LogP contribution in [0, 0.1) is 13.8 Å². The van der Waals surface area contributed by atoms with E-state index in [1.807, 2.05) is 19.9 Å². The minimum absolute atomic E-state index is 0.129. The fourth-order valence-electron chi connectivity index (χ4n) is 3.33. The molecule has 1 aromatic rings. The zero-order chi connectivity index (χ0) is 13.6. The van der Waals surface area contributed by atoms with Gasteiger partial charge in [-0.2, -0.15) is 4.31 Å². The topological polar surface area (TPSA) is 49.4 Å². The predicted molar refractivity (Wildman–Crippen MR) is 74.6 cm³/mol. The Morgan fingerprint density at radius 2 is 1.58 bits per heavy atom. The maximum atomic E-state index is 12.9. The Bertz CT molecular complexity index is 561. The molecule has 3 rings (SSSR count). The molecule has 2 saturated heterocycles. The molecule has 5 heteroatoms. The molecule has 4 nitrogen and oxygen atoms in total. The van der Waals surface area contributed by atoms with Crippen LogP contribution in [0.15, 0.2) is 23.1 Å². The van der Waals surface area contributed by atoms with Crippen LogP contribution in [0.1, 0.15) is 24.0 Å². The van der Waals surface area contributed by atoms with Gasteiger partial charge in [0.2, 0.25) is 10.0 Å². The number of nitrogens with one attached hydrogen (secondary N) is 1. The highest BCUT2D eigenvalue weighted by molar-refractivity contribution is 7.89. The average Bonchev–Trinajstić information content (AvgIpc) is 2.60. The summed E-state index contributed by atoms with van der Waals surface area (Å²) in [6, 6.07) is 5.83. The fourth-order valence-corrected chi connectivity index (χ4v) is 5.39. The van der Waals surface area contributed by atoms with E-state index in [1.165, 1.54) is 0 Å². The zero-order valence-corrected chi connectivity index (χ0v) is 12.2. The van der Waals surface area contributed by atoms with Crippen LogP contribution in [-0.4, -0.2) is 37.9 Å². The van der Waals surface area contributed by atoms with Crippen LogP contribution in [0.2, 0.25) is 0 Å². The summed E-state index contributed by atoms with van der Waals surface area (Å²) in [4.78, 5) is 0.448.